The van der Waals surface area contributed by atoms with E-state index in [1.54, 1.807) is 18.7 Å². The van der Waals surface area contributed by atoms with E-state index in [1.807, 2.05) is 19.1 Å². The lowest BCUT2D eigenvalue weighted by Crippen LogP contribution is -2.22. The first kappa shape index (κ1) is 12.6. The molecular weight excluding hydrogens is 304 g/mol. The lowest BCUT2D eigenvalue weighted by Gasteiger charge is -2.17. The Morgan fingerprint density at radius 2 is 2.35 bits per heavy atom. The molecule has 3 nitrogen and oxygen atoms in total. The topological polar surface area (TPSA) is 38.1 Å². The van der Waals surface area contributed by atoms with Gasteiger partial charge in [-0.2, -0.15) is 0 Å². The highest BCUT2D eigenvalue weighted by molar-refractivity contribution is 9.10. The van der Waals surface area contributed by atoms with E-state index in [1.165, 1.54) is 0 Å². The summed E-state index contributed by atoms with van der Waals surface area (Å²) in [4.78, 5) is 3.99. The number of aromatic nitrogens is 1. The van der Waals surface area contributed by atoms with Gasteiger partial charge in [0, 0.05) is 12.4 Å². The molecule has 2 aromatic heterocycles. The van der Waals surface area contributed by atoms with Crippen molar-refractivity contribution >= 4 is 27.5 Å². The zero-order chi connectivity index (χ0) is 12.3. The largest absolute Gasteiger partial charge is 0.466 e. The van der Waals surface area contributed by atoms with Crippen LogP contribution in [0.3, 0.4) is 0 Å². The quantitative estimate of drug-likeness (QED) is 0.933. The second-order valence-electron chi connectivity index (χ2n) is 3.52. The minimum absolute atomic E-state index is 0.0696. The van der Waals surface area contributed by atoms with Crippen LogP contribution < -0.4 is 5.32 Å². The Hall–Kier alpha value is -0.840. The van der Waals surface area contributed by atoms with Crippen molar-refractivity contribution in [3.8, 4) is 0 Å². The van der Waals surface area contributed by atoms with Crippen molar-refractivity contribution in [3.05, 3.63) is 51.6 Å². The van der Waals surface area contributed by atoms with Crippen molar-refractivity contribution < 1.29 is 4.42 Å². The zero-order valence-corrected chi connectivity index (χ0v) is 11.6. The lowest BCUT2D eigenvalue weighted by atomic mass is 10.1. The average Bonchev–Trinajstić information content (AvgIpc) is 2.74. The van der Waals surface area contributed by atoms with Crippen molar-refractivity contribution in [2.45, 2.75) is 13.0 Å². The summed E-state index contributed by atoms with van der Waals surface area (Å²) in [5.41, 5.74) is 0.958. The average molecular weight is 316 g/mol. The lowest BCUT2D eigenvalue weighted by molar-refractivity contribution is 0.450. The third-order valence-electron chi connectivity index (χ3n) is 2.43. The molecule has 0 aliphatic carbocycles. The molecule has 2 rings (SSSR count). The summed E-state index contributed by atoms with van der Waals surface area (Å²) in [6, 6.07) is 3.69. The second kappa shape index (κ2) is 5.67. The minimum atomic E-state index is -0.0696. The number of rotatable bonds is 4. The van der Waals surface area contributed by atoms with Crippen LogP contribution in [0.25, 0.3) is 0 Å². The van der Waals surface area contributed by atoms with Crippen molar-refractivity contribution in [2.24, 2.45) is 0 Å². The van der Waals surface area contributed by atoms with E-state index in [4.69, 9.17) is 16.0 Å². The zero-order valence-electron chi connectivity index (χ0n) is 9.28. The molecule has 2 aromatic rings. The van der Waals surface area contributed by atoms with Gasteiger partial charge in [0.1, 0.15) is 5.76 Å². The fourth-order valence-corrected chi connectivity index (χ4v) is 2.34. The van der Waals surface area contributed by atoms with E-state index < -0.39 is 0 Å². The van der Waals surface area contributed by atoms with E-state index in [0.29, 0.717) is 5.02 Å². The Labute approximate surface area is 113 Å². The molecule has 0 amide bonds. The van der Waals surface area contributed by atoms with Crippen LogP contribution in [0.1, 0.15) is 24.3 Å². The predicted molar refractivity (Wildman–Crippen MR) is 71.2 cm³/mol. The van der Waals surface area contributed by atoms with Gasteiger partial charge in [-0.05, 0) is 40.2 Å². The third kappa shape index (κ3) is 2.70. The van der Waals surface area contributed by atoms with Gasteiger partial charge in [0.2, 0.25) is 0 Å². The molecule has 2 heterocycles. The number of furan rings is 1. The molecular formula is C12H12BrClN2O. The Bertz CT molecular complexity index is 501. The number of halogens is 2. The van der Waals surface area contributed by atoms with Crippen LogP contribution in [0.15, 0.2) is 39.7 Å². The standard InChI is InChI=1S/C12H12BrClN2O/c1-2-16-11(12-9(13)4-6-17-12)8-3-5-15-7-10(8)14/h3-7,11,16H,2H2,1H3. The molecule has 90 valence electrons. The first-order chi connectivity index (χ1) is 8.24. The van der Waals surface area contributed by atoms with Crippen LogP contribution in [0, 0.1) is 0 Å². The Morgan fingerprint density at radius 3 is 2.94 bits per heavy atom. The summed E-state index contributed by atoms with van der Waals surface area (Å²) in [7, 11) is 0. The van der Waals surface area contributed by atoms with Gasteiger partial charge in [-0.15, -0.1) is 0 Å². The van der Waals surface area contributed by atoms with Gasteiger partial charge < -0.3 is 9.73 Å². The van der Waals surface area contributed by atoms with E-state index in [2.05, 4.69) is 26.2 Å². The van der Waals surface area contributed by atoms with E-state index in [-0.39, 0.29) is 6.04 Å². The molecule has 17 heavy (non-hydrogen) atoms. The Balaban J connectivity index is 2.43. The summed E-state index contributed by atoms with van der Waals surface area (Å²) >= 11 is 9.63. The van der Waals surface area contributed by atoms with Gasteiger partial charge in [0.05, 0.1) is 21.8 Å². The van der Waals surface area contributed by atoms with E-state index in [9.17, 15) is 0 Å². The van der Waals surface area contributed by atoms with Gasteiger partial charge in [0.25, 0.3) is 0 Å². The van der Waals surface area contributed by atoms with Crippen molar-refractivity contribution in [1.29, 1.82) is 0 Å². The first-order valence-electron chi connectivity index (χ1n) is 5.29. The molecule has 0 saturated carbocycles. The first-order valence-corrected chi connectivity index (χ1v) is 6.46. The van der Waals surface area contributed by atoms with E-state index in [0.717, 1.165) is 22.3 Å². The molecule has 0 radical (unpaired) electrons. The molecule has 0 aliphatic heterocycles. The highest BCUT2D eigenvalue weighted by Gasteiger charge is 2.21. The highest BCUT2D eigenvalue weighted by Crippen LogP contribution is 2.32. The molecule has 1 N–H and O–H groups in total. The van der Waals surface area contributed by atoms with Crippen molar-refractivity contribution in [1.82, 2.24) is 10.3 Å². The smallest absolute Gasteiger partial charge is 0.139 e. The number of pyridine rings is 1. The summed E-state index contributed by atoms with van der Waals surface area (Å²) < 4.78 is 6.43. The van der Waals surface area contributed by atoms with Gasteiger partial charge >= 0.3 is 0 Å². The number of nitrogens with one attached hydrogen (secondary N) is 1. The predicted octanol–water partition coefficient (Wildman–Crippen LogP) is 3.79. The summed E-state index contributed by atoms with van der Waals surface area (Å²) in [6.07, 6.45) is 5.01. The maximum Gasteiger partial charge on any atom is 0.139 e. The fourth-order valence-electron chi connectivity index (χ4n) is 1.68. The maximum absolute atomic E-state index is 6.16. The summed E-state index contributed by atoms with van der Waals surface area (Å²) in [5, 5.41) is 3.97. The van der Waals surface area contributed by atoms with Crippen LogP contribution in [0.2, 0.25) is 5.02 Å². The number of hydrogen-bond donors (Lipinski definition) is 1. The number of hydrogen-bond acceptors (Lipinski definition) is 3. The van der Waals surface area contributed by atoms with Crippen LogP contribution in [-0.4, -0.2) is 11.5 Å². The molecule has 1 unspecified atom stereocenters. The molecule has 0 bridgehead atoms. The normalized spacial score (nSPS) is 12.6. The van der Waals surface area contributed by atoms with Crippen molar-refractivity contribution in [3.63, 3.8) is 0 Å². The Morgan fingerprint density at radius 1 is 1.53 bits per heavy atom. The molecule has 0 aliphatic rings. The van der Waals surface area contributed by atoms with Gasteiger partial charge in [-0.25, -0.2) is 0 Å². The summed E-state index contributed by atoms with van der Waals surface area (Å²) in [6.45, 7) is 2.86. The van der Waals surface area contributed by atoms with Crippen LogP contribution in [0.4, 0.5) is 0 Å². The van der Waals surface area contributed by atoms with E-state index >= 15 is 0 Å². The highest BCUT2D eigenvalue weighted by atomic mass is 79.9. The monoisotopic (exact) mass is 314 g/mol. The molecule has 0 fully saturated rings. The van der Waals surface area contributed by atoms with Crippen LogP contribution in [-0.2, 0) is 0 Å². The van der Waals surface area contributed by atoms with Gasteiger partial charge in [0.15, 0.2) is 0 Å². The molecule has 0 aromatic carbocycles. The fraction of sp³-hybridized carbons (Fsp3) is 0.250. The maximum atomic E-state index is 6.16. The molecule has 0 spiro atoms. The molecule has 5 heteroatoms. The summed E-state index contributed by atoms with van der Waals surface area (Å²) in [5.74, 6) is 0.819. The molecule has 1 atom stereocenters. The Kier molecular flexibility index (Phi) is 4.20. The minimum Gasteiger partial charge on any atom is -0.466 e. The van der Waals surface area contributed by atoms with Crippen LogP contribution >= 0.6 is 27.5 Å². The SMILES string of the molecule is CCNC(c1ccncc1Cl)c1occc1Br. The molecule has 0 saturated heterocycles. The second-order valence-corrected chi connectivity index (χ2v) is 4.78. The van der Waals surface area contributed by atoms with Crippen molar-refractivity contribution in [2.75, 3.05) is 6.54 Å². The number of nitrogens with zero attached hydrogens (tertiary/aromatic N) is 1. The van der Waals surface area contributed by atoms with Gasteiger partial charge in [-0.3, -0.25) is 4.98 Å². The van der Waals surface area contributed by atoms with Gasteiger partial charge in [-0.1, -0.05) is 18.5 Å². The third-order valence-corrected chi connectivity index (χ3v) is 3.40. The van der Waals surface area contributed by atoms with Crippen LogP contribution in [0.5, 0.6) is 0 Å².